The molecule has 0 aliphatic carbocycles. The summed E-state index contributed by atoms with van der Waals surface area (Å²) < 4.78 is 10.8. The minimum absolute atomic E-state index is 0.241. The third-order valence-corrected chi connectivity index (χ3v) is 4.79. The van der Waals surface area contributed by atoms with Gasteiger partial charge in [0.1, 0.15) is 0 Å². The van der Waals surface area contributed by atoms with Crippen LogP contribution in [-0.2, 0) is 19.1 Å². The van der Waals surface area contributed by atoms with Crippen molar-refractivity contribution < 1.29 is 19.1 Å². The number of carbonyl (C=O) groups excluding carboxylic acids is 2. The number of hydrogen-bond donors (Lipinski definition) is 1. The van der Waals surface area contributed by atoms with Gasteiger partial charge in [-0.2, -0.15) is 0 Å². The molecule has 1 atom stereocenters. The summed E-state index contributed by atoms with van der Waals surface area (Å²) in [4.78, 5) is 30.5. The Labute approximate surface area is 170 Å². The molecule has 1 unspecified atom stereocenters. The Morgan fingerprint density at radius 1 is 1.07 bits per heavy atom. The monoisotopic (exact) mass is 394 g/mol. The molecule has 1 aromatic heterocycles. The predicted octanol–water partition coefficient (Wildman–Crippen LogP) is 3.98. The second-order valence-electron chi connectivity index (χ2n) is 7.23. The summed E-state index contributed by atoms with van der Waals surface area (Å²) in [6, 6.07) is 9.57. The number of benzene rings is 1. The van der Waals surface area contributed by atoms with Gasteiger partial charge < -0.3 is 14.8 Å². The number of rotatable bonds is 5. The largest absolute Gasteiger partial charge is 0.463 e. The van der Waals surface area contributed by atoms with Gasteiger partial charge in [0, 0.05) is 23.0 Å². The van der Waals surface area contributed by atoms with E-state index in [1.54, 1.807) is 27.0 Å². The molecule has 3 rings (SSSR count). The van der Waals surface area contributed by atoms with Crippen molar-refractivity contribution in [1.82, 2.24) is 10.3 Å². The Bertz CT molecular complexity index is 1020. The summed E-state index contributed by atoms with van der Waals surface area (Å²) >= 11 is 0. The Morgan fingerprint density at radius 2 is 1.72 bits per heavy atom. The van der Waals surface area contributed by atoms with Crippen molar-refractivity contribution in [2.24, 2.45) is 0 Å². The predicted molar refractivity (Wildman–Crippen MR) is 111 cm³/mol. The van der Waals surface area contributed by atoms with Crippen LogP contribution in [0.4, 0.5) is 0 Å². The van der Waals surface area contributed by atoms with Crippen molar-refractivity contribution in [3.63, 3.8) is 0 Å². The van der Waals surface area contributed by atoms with E-state index in [9.17, 15) is 9.59 Å². The van der Waals surface area contributed by atoms with Gasteiger partial charge in [-0.05, 0) is 46.2 Å². The van der Waals surface area contributed by atoms with E-state index < -0.39 is 17.9 Å². The molecule has 0 spiro atoms. The van der Waals surface area contributed by atoms with E-state index in [1.807, 2.05) is 44.2 Å². The van der Waals surface area contributed by atoms with Gasteiger partial charge in [0.05, 0.1) is 35.3 Å². The summed E-state index contributed by atoms with van der Waals surface area (Å²) in [5.41, 5.74) is 3.59. The van der Waals surface area contributed by atoms with Gasteiger partial charge in [0.15, 0.2) is 0 Å². The Morgan fingerprint density at radius 3 is 2.38 bits per heavy atom. The first kappa shape index (κ1) is 20.6. The Kier molecular flexibility index (Phi) is 6.01. The van der Waals surface area contributed by atoms with Crippen LogP contribution in [0.3, 0.4) is 0 Å². The molecule has 1 aromatic carbocycles. The van der Waals surface area contributed by atoms with Gasteiger partial charge in [0.2, 0.25) is 0 Å². The van der Waals surface area contributed by atoms with E-state index in [0.717, 1.165) is 16.5 Å². The lowest BCUT2D eigenvalue weighted by Gasteiger charge is -2.31. The van der Waals surface area contributed by atoms with Gasteiger partial charge >= 0.3 is 11.9 Å². The standard InChI is InChI=1S/C23H26N2O4/c1-6-28-22(26)18-14(4)25-15(5)19(23(27)29-13(2)3)20(18)17-11-7-9-16-10-8-12-24-21(16)17/h7-13,20,25H,6H2,1-5H3. The zero-order chi connectivity index (χ0) is 21.1. The van der Waals surface area contributed by atoms with Gasteiger partial charge in [-0.1, -0.05) is 24.3 Å². The van der Waals surface area contributed by atoms with Crippen molar-refractivity contribution in [2.45, 2.75) is 46.6 Å². The van der Waals surface area contributed by atoms with Gasteiger partial charge in [0.25, 0.3) is 0 Å². The van der Waals surface area contributed by atoms with Crippen LogP contribution in [0.15, 0.2) is 59.1 Å². The number of aromatic nitrogens is 1. The number of carbonyl (C=O) groups is 2. The summed E-state index contributed by atoms with van der Waals surface area (Å²) in [5, 5.41) is 4.09. The average molecular weight is 394 g/mol. The van der Waals surface area contributed by atoms with Crippen molar-refractivity contribution in [1.29, 1.82) is 0 Å². The molecule has 6 heteroatoms. The highest BCUT2D eigenvalue weighted by atomic mass is 16.5. The van der Waals surface area contributed by atoms with Gasteiger partial charge in [-0.3, -0.25) is 4.98 Å². The van der Waals surface area contributed by atoms with E-state index in [1.165, 1.54) is 0 Å². The summed E-state index contributed by atoms with van der Waals surface area (Å²) in [7, 11) is 0. The lowest BCUT2D eigenvalue weighted by molar-refractivity contribution is -0.143. The minimum Gasteiger partial charge on any atom is -0.463 e. The second-order valence-corrected chi connectivity index (χ2v) is 7.23. The normalized spacial score (nSPS) is 16.8. The number of dihydropyridines is 1. The van der Waals surface area contributed by atoms with Crippen molar-refractivity contribution >= 4 is 22.8 Å². The zero-order valence-corrected chi connectivity index (χ0v) is 17.4. The lowest BCUT2D eigenvalue weighted by Crippen LogP contribution is -2.33. The smallest absolute Gasteiger partial charge is 0.337 e. The number of hydrogen-bond acceptors (Lipinski definition) is 6. The molecule has 29 heavy (non-hydrogen) atoms. The number of fused-ring (bicyclic) bond motifs is 1. The summed E-state index contributed by atoms with van der Waals surface area (Å²) in [5.74, 6) is -1.56. The van der Waals surface area contributed by atoms with Gasteiger partial charge in [-0.15, -0.1) is 0 Å². The molecule has 0 radical (unpaired) electrons. The molecular formula is C23H26N2O4. The van der Waals surface area contributed by atoms with E-state index in [4.69, 9.17) is 9.47 Å². The quantitative estimate of drug-likeness (QED) is 0.773. The number of pyridine rings is 1. The third-order valence-electron chi connectivity index (χ3n) is 4.79. The fraction of sp³-hybridized carbons (Fsp3) is 0.348. The van der Waals surface area contributed by atoms with Gasteiger partial charge in [-0.25, -0.2) is 9.59 Å². The van der Waals surface area contributed by atoms with Crippen LogP contribution in [0.5, 0.6) is 0 Å². The number of para-hydroxylation sites is 1. The van der Waals surface area contributed by atoms with Crippen LogP contribution in [0.1, 0.15) is 46.1 Å². The first-order valence-corrected chi connectivity index (χ1v) is 9.75. The summed E-state index contributed by atoms with van der Waals surface area (Å²) in [6.45, 7) is 9.22. The highest BCUT2D eigenvalue weighted by molar-refractivity contribution is 6.01. The molecule has 0 bridgehead atoms. The second kappa shape index (κ2) is 8.47. The molecule has 2 heterocycles. The molecule has 152 valence electrons. The van der Waals surface area contributed by atoms with Crippen LogP contribution in [0.2, 0.25) is 0 Å². The molecule has 1 aliphatic heterocycles. The molecule has 2 aromatic rings. The molecular weight excluding hydrogens is 368 g/mol. The maximum atomic E-state index is 13.1. The van der Waals surface area contributed by atoms with Crippen molar-refractivity contribution in [2.75, 3.05) is 6.61 Å². The molecule has 6 nitrogen and oxygen atoms in total. The first-order valence-electron chi connectivity index (χ1n) is 9.75. The highest BCUT2D eigenvalue weighted by Gasteiger charge is 2.39. The first-order chi connectivity index (χ1) is 13.8. The number of esters is 2. The topological polar surface area (TPSA) is 77.5 Å². The number of allylic oxidation sites excluding steroid dienone is 2. The molecule has 1 N–H and O–H groups in total. The zero-order valence-electron chi connectivity index (χ0n) is 17.4. The fourth-order valence-corrected chi connectivity index (χ4v) is 3.69. The highest BCUT2D eigenvalue weighted by Crippen LogP contribution is 2.41. The van der Waals surface area contributed by atoms with Crippen LogP contribution in [0.25, 0.3) is 10.9 Å². The van der Waals surface area contributed by atoms with E-state index in [0.29, 0.717) is 22.5 Å². The number of ether oxygens (including phenoxy) is 2. The lowest BCUT2D eigenvalue weighted by atomic mass is 9.79. The Balaban J connectivity index is 2.27. The molecule has 0 saturated heterocycles. The van der Waals surface area contributed by atoms with Crippen molar-refractivity contribution in [3.8, 4) is 0 Å². The average Bonchev–Trinajstić information content (AvgIpc) is 2.66. The third kappa shape index (κ3) is 4.01. The molecule has 0 amide bonds. The van der Waals surface area contributed by atoms with E-state index in [2.05, 4.69) is 10.3 Å². The fourth-order valence-electron chi connectivity index (χ4n) is 3.69. The Hall–Kier alpha value is -3.15. The molecule has 0 fully saturated rings. The maximum Gasteiger partial charge on any atom is 0.337 e. The van der Waals surface area contributed by atoms with Crippen LogP contribution < -0.4 is 5.32 Å². The number of nitrogens with one attached hydrogen (secondary N) is 1. The van der Waals surface area contributed by atoms with E-state index in [-0.39, 0.29) is 12.7 Å². The van der Waals surface area contributed by atoms with Crippen molar-refractivity contribution in [3.05, 3.63) is 64.6 Å². The minimum atomic E-state index is -0.639. The van der Waals surface area contributed by atoms with Crippen LogP contribution in [0, 0.1) is 0 Å². The SMILES string of the molecule is CCOC(=O)C1=C(C)NC(C)=C(C(=O)OC(C)C)C1c1cccc2cccnc12. The van der Waals surface area contributed by atoms with Crippen LogP contribution in [-0.4, -0.2) is 29.6 Å². The number of nitrogens with zero attached hydrogens (tertiary/aromatic N) is 1. The summed E-state index contributed by atoms with van der Waals surface area (Å²) in [6.07, 6.45) is 1.42. The molecule has 0 saturated carbocycles. The molecule has 1 aliphatic rings. The van der Waals surface area contributed by atoms with Crippen LogP contribution >= 0.6 is 0 Å². The maximum absolute atomic E-state index is 13.1. The van der Waals surface area contributed by atoms with E-state index >= 15 is 0 Å².